The first-order valence-corrected chi connectivity index (χ1v) is 8.02. The van der Waals surface area contributed by atoms with Gasteiger partial charge in [0, 0.05) is 11.8 Å². The first kappa shape index (κ1) is 15.4. The molecule has 0 radical (unpaired) electrons. The van der Waals surface area contributed by atoms with Gasteiger partial charge in [0.1, 0.15) is 5.76 Å². The number of hydrogen-bond acceptors (Lipinski definition) is 6. The Balaban J connectivity index is 1.65. The van der Waals surface area contributed by atoms with E-state index in [1.807, 2.05) is 24.3 Å². The number of aryl methyl sites for hydroxylation is 1. The van der Waals surface area contributed by atoms with Crippen LogP contribution in [0.5, 0.6) is 0 Å². The van der Waals surface area contributed by atoms with E-state index in [-0.39, 0.29) is 5.91 Å². The molecule has 1 aromatic carbocycles. The van der Waals surface area contributed by atoms with Gasteiger partial charge in [0.2, 0.25) is 5.89 Å². The quantitative estimate of drug-likeness (QED) is 0.700. The second kappa shape index (κ2) is 7.15. The fraction of sp³-hybridized carbons (Fsp3) is 0.188. The molecule has 0 fully saturated rings. The van der Waals surface area contributed by atoms with Crippen LogP contribution in [0.15, 0.2) is 56.5 Å². The molecule has 2 aromatic heterocycles. The van der Waals surface area contributed by atoms with Crippen LogP contribution >= 0.6 is 11.8 Å². The Kier molecular flexibility index (Phi) is 4.77. The normalized spacial score (nSPS) is 10.7. The van der Waals surface area contributed by atoms with E-state index in [1.165, 1.54) is 11.8 Å². The van der Waals surface area contributed by atoms with Crippen molar-refractivity contribution < 1.29 is 13.7 Å². The van der Waals surface area contributed by atoms with Gasteiger partial charge >= 0.3 is 0 Å². The Morgan fingerprint density at radius 3 is 2.87 bits per heavy atom. The molecule has 3 rings (SSSR count). The maximum absolute atomic E-state index is 12.4. The average Bonchev–Trinajstić information content (AvgIpc) is 3.22. The van der Waals surface area contributed by atoms with Crippen LogP contribution in [-0.2, 0) is 12.3 Å². The molecule has 23 heavy (non-hydrogen) atoms. The number of nitrogens with one attached hydrogen (secondary N) is 1. The number of nitrogens with zero attached hydrogens (tertiary/aromatic N) is 2. The zero-order chi connectivity index (χ0) is 16.1. The zero-order valence-corrected chi connectivity index (χ0v) is 13.3. The lowest BCUT2D eigenvalue weighted by atomic mass is 10.2. The largest absolute Gasteiger partial charge is 0.467 e. The second-order valence-electron chi connectivity index (χ2n) is 4.78. The van der Waals surface area contributed by atoms with Crippen molar-refractivity contribution in [3.05, 3.63) is 65.7 Å². The molecule has 7 heteroatoms. The number of carbonyl (C=O) groups excluding carboxylic acids is 1. The van der Waals surface area contributed by atoms with Crippen LogP contribution in [-0.4, -0.2) is 16.0 Å². The number of carbonyl (C=O) groups is 1. The third-order valence-electron chi connectivity index (χ3n) is 3.06. The summed E-state index contributed by atoms with van der Waals surface area (Å²) in [7, 11) is 0. The van der Waals surface area contributed by atoms with Crippen LogP contribution < -0.4 is 5.32 Å². The predicted molar refractivity (Wildman–Crippen MR) is 84.9 cm³/mol. The van der Waals surface area contributed by atoms with Crippen molar-refractivity contribution in [1.82, 2.24) is 15.5 Å². The minimum absolute atomic E-state index is 0.145. The molecule has 118 valence electrons. The smallest absolute Gasteiger partial charge is 0.252 e. The van der Waals surface area contributed by atoms with E-state index in [4.69, 9.17) is 8.94 Å². The molecule has 1 N–H and O–H groups in total. The summed E-state index contributed by atoms with van der Waals surface area (Å²) in [5, 5.41) is 6.70. The van der Waals surface area contributed by atoms with Gasteiger partial charge in [-0.2, -0.15) is 4.98 Å². The topological polar surface area (TPSA) is 81.2 Å². The minimum atomic E-state index is -0.145. The molecule has 0 aliphatic heterocycles. The van der Waals surface area contributed by atoms with Gasteiger partial charge in [-0.05, 0) is 24.3 Å². The summed E-state index contributed by atoms with van der Waals surface area (Å²) in [6, 6.07) is 11.0. The fourth-order valence-corrected chi connectivity index (χ4v) is 2.89. The van der Waals surface area contributed by atoms with Crippen molar-refractivity contribution in [3.8, 4) is 0 Å². The third-order valence-corrected chi connectivity index (χ3v) is 4.13. The lowest BCUT2D eigenvalue weighted by Gasteiger charge is -2.08. The number of rotatable bonds is 6. The van der Waals surface area contributed by atoms with Crippen LogP contribution in [0.4, 0.5) is 0 Å². The summed E-state index contributed by atoms with van der Waals surface area (Å²) in [5.41, 5.74) is 0.615. The number of furan rings is 1. The van der Waals surface area contributed by atoms with E-state index >= 15 is 0 Å². The highest BCUT2D eigenvalue weighted by Crippen LogP contribution is 2.25. The van der Waals surface area contributed by atoms with Gasteiger partial charge in [-0.1, -0.05) is 17.3 Å². The third kappa shape index (κ3) is 4.01. The van der Waals surface area contributed by atoms with E-state index in [0.29, 0.717) is 35.3 Å². The summed E-state index contributed by atoms with van der Waals surface area (Å²) in [4.78, 5) is 17.4. The summed E-state index contributed by atoms with van der Waals surface area (Å²) in [5.74, 6) is 2.25. The Morgan fingerprint density at radius 2 is 2.13 bits per heavy atom. The average molecular weight is 329 g/mol. The highest BCUT2D eigenvalue weighted by molar-refractivity contribution is 7.98. The highest BCUT2D eigenvalue weighted by Gasteiger charge is 2.13. The number of benzene rings is 1. The minimum Gasteiger partial charge on any atom is -0.467 e. The van der Waals surface area contributed by atoms with Crippen LogP contribution in [0.2, 0.25) is 0 Å². The maximum Gasteiger partial charge on any atom is 0.252 e. The van der Waals surface area contributed by atoms with Crippen molar-refractivity contribution >= 4 is 17.7 Å². The summed E-state index contributed by atoms with van der Waals surface area (Å²) >= 11 is 1.50. The van der Waals surface area contributed by atoms with Crippen LogP contribution in [0.3, 0.4) is 0 Å². The zero-order valence-electron chi connectivity index (χ0n) is 12.5. The van der Waals surface area contributed by atoms with Gasteiger partial charge in [0.25, 0.3) is 5.91 Å². The van der Waals surface area contributed by atoms with Gasteiger partial charge in [-0.15, -0.1) is 11.8 Å². The van der Waals surface area contributed by atoms with Gasteiger partial charge < -0.3 is 14.3 Å². The van der Waals surface area contributed by atoms with Crippen molar-refractivity contribution in [2.75, 3.05) is 0 Å². The Labute approximate surface area is 137 Å². The maximum atomic E-state index is 12.4. The number of aromatic nitrogens is 2. The SMILES string of the molecule is Cc1nc(CSc2ccccc2C(=O)NCc2ccco2)no1. The van der Waals surface area contributed by atoms with E-state index in [0.717, 1.165) is 4.90 Å². The summed E-state index contributed by atoms with van der Waals surface area (Å²) < 4.78 is 10.2. The van der Waals surface area contributed by atoms with Crippen LogP contribution in [0.1, 0.15) is 27.8 Å². The monoisotopic (exact) mass is 329 g/mol. The molecule has 0 unspecified atom stereocenters. The van der Waals surface area contributed by atoms with Crippen LogP contribution in [0.25, 0.3) is 0 Å². The second-order valence-corrected chi connectivity index (χ2v) is 5.79. The summed E-state index contributed by atoms with van der Waals surface area (Å²) in [6.45, 7) is 2.10. The Bertz CT molecular complexity index is 783. The van der Waals surface area contributed by atoms with E-state index in [1.54, 1.807) is 25.3 Å². The van der Waals surface area contributed by atoms with E-state index < -0.39 is 0 Å². The number of hydrogen-bond donors (Lipinski definition) is 1. The Morgan fingerprint density at radius 1 is 1.26 bits per heavy atom. The van der Waals surface area contributed by atoms with Gasteiger partial charge in [-0.25, -0.2) is 0 Å². The molecule has 0 bridgehead atoms. The molecule has 1 amide bonds. The molecule has 0 saturated carbocycles. The van der Waals surface area contributed by atoms with Gasteiger partial charge in [0.05, 0.1) is 24.1 Å². The van der Waals surface area contributed by atoms with Crippen molar-refractivity contribution in [2.24, 2.45) is 0 Å². The first-order chi connectivity index (χ1) is 11.2. The molecular weight excluding hydrogens is 314 g/mol. The lowest BCUT2D eigenvalue weighted by molar-refractivity contribution is 0.0945. The molecule has 0 atom stereocenters. The summed E-state index contributed by atoms with van der Waals surface area (Å²) in [6.07, 6.45) is 1.58. The molecule has 3 aromatic rings. The van der Waals surface area contributed by atoms with E-state index in [9.17, 15) is 4.79 Å². The van der Waals surface area contributed by atoms with Crippen molar-refractivity contribution in [1.29, 1.82) is 0 Å². The Hall–Kier alpha value is -2.54. The van der Waals surface area contributed by atoms with E-state index in [2.05, 4.69) is 15.5 Å². The first-order valence-electron chi connectivity index (χ1n) is 7.04. The molecule has 0 spiro atoms. The van der Waals surface area contributed by atoms with Crippen LogP contribution in [0, 0.1) is 6.92 Å². The number of thioether (sulfide) groups is 1. The molecule has 0 aliphatic rings. The molecular formula is C16H15N3O3S. The fourth-order valence-electron chi connectivity index (χ4n) is 2.00. The molecule has 0 aliphatic carbocycles. The van der Waals surface area contributed by atoms with Crippen molar-refractivity contribution in [2.45, 2.75) is 24.1 Å². The highest BCUT2D eigenvalue weighted by atomic mass is 32.2. The standard InChI is InChI=1S/C16H15N3O3S/c1-11-18-15(19-22-11)10-23-14-7-3-2-6-13(14)16(20)17-9-12-5-4-8-21-12/h2-8H,9-10H2,1H3,(H,17,20). The number of amides is 1. The molecule has 2 heterocycles. The molecule has 6 nitrogen and oxygen atoms in total. The van der Waals surface area contributed by atoms with Gasteiger partial charge in [0.15, 0.2) is 5.82 Å². The molecule has 0 saturated heterocycles. The predicted octanol–water partition coefficient (Wildman–Crippen LogP) is 3.19. The van der Waals surface area contributed by atoms with Crippen molar-refractivity contribution in [3.63, 3.8) is 0 Å². The lowest BCUT2D eigenvalue weighted by Crippen LogP contribution is -2.23. The van der Waals surface area contributed by atoms with Gasteiger partial charge in [-0.3, -0.25) is 4.79 Å².